The van der Waals surface area contributed by atoms with Crippen LogP contribution < -0.4 is 9.64 Å². The molecular formula is C18H23NO2. The maximum absolute atomic E-state index is 9.18. The molecular weight excluding hydrogens is 262 g/mol. The summed E-state index contributed by atoms with van der Waals surface area (Å²) in [5.74, 6) is 1.08. The van der Waals surface area contributed by atoms with Crippen molar-refractivity contribution in [3.8, 4) is 11.5 Å². The SMILES string of the molecule is CN(CCCCCOc1ccc(O)cc1)c1ccccc1. The highest BCUT2D eigenvalue weighted by atomic mass is 16.5. The second kappa shape index (κ2) is 8.20. The molecule has 0 atom stereocenters. The summed E-state index contributed by atoms with van der Waals surface area (Å²) in [7, 11) is 2.13. The molecule has 21 heavy (non-hydrogen) atoms. The van der Waals surface area contributed by atoms with E-state index >= 15 is 0 Å². The summed E-state index contributed by atoms with van der Waals surface area (Å²) >= 11 is 0. The molecule has 0 amide bonds. The standard InChI is InChI=1S/C18H23NO2/c1-19(16-8-4-2-5-9-16)14-6-3-7-15-21-18-12-10-17(20)11-13-18/h2,4-5,8-13,20H,3,6-7,14-15H2,1H3. The molecule has 0 aliphatic carbocycles. The number of phenolic OH excluding ortho intramolecular Hbond substituents is 1. The van der Waals surface area contributed by atoms with E-state index < -0.39 is 0 Å². The maximum Gasteiger partial charge on any atom is 0.119 e. The van der Waals surface area contributed by atoms with Crippen LogP contribution in [0, 0.1) is 0 Å². The summed E-state index contributed by atoms with van der Waals surface area (Å²) in [6, 6.07) is 17.3. The minimum absolute atomic E-state index is 0.270. The van der Waals surface area contributed by atoms with Crippen LogP contribution in [0.1, 0.15) is 19.3 Å². The molecule has 2 aromatic rings. The number of phenols is 1. The number of para-hydroxylation sites is 1. The summed E-state index contributed by atoms with van der Waals surface area (Å²) in [6.45, 7) is 1.78. The van der Waals surface area contributed by atoms with Gasteiger partial charge in [-0.15, -0.1) is 0 Å². The van der Waals surface area contributed by atoms with Crippen molar-refractivity contribution in [3.63, 3.8) is 0 Å². The van der Waals surface area contributed by atoms with Gasteiger partial charge >= 0.3 is 0 Å². The van der Waals surface area contributed by atoms with Crippen molar-refractivity contribution in [2.24, 2.45) is 0 Å². The monoisotopic (exact) mass is 285 g/mol. The van der Waals surface area contributed by atoms with E-state index in [2.05, 4.69) is 36.2 Å². The second-order valence-corrected chi connectivity index (χ2v) is 5.16. The van der Waals surface area contributed by atoms with Crippen molar-refractivity contribution in [1.82, 2.24) is 0 Å². The van der Waals surface area contributed by atoms with E-state index in [0.717, 1.165) is 38.2 Å². The number of hydrogen-bond acceptors (Lipinski definition) is 3. The summed E-state index contributed by atoms with van der Waals surface area (Å²) in [5.41, 5.74) is 1.26. The molecule has 0 aliphatic heterocycles. The van der Waals surface area contributed by atoms with Gasteiger partial charge in [0.05, 0.1) is 6.61 Å². The first kappa shape index (κ1) is 15.2. The van der Waals surface area contributed by atoms with Crippen molar-refractivity contribution >= 4 is 5.69 Å². The van der Waals surface area contributed by atoms with E-state index in [1.165, 1.54) is 5.69 Å². The van der Waals surface area contributed by atoms with Gasteiger partial charge in [0.15, 0.2) is 0 Å². The highest BCUT2D eigenvalue weighted by Crippen LogP contribution is 2.16. The van der Waals surface area contributed by atoms with Gasteiger partial charge in [0, 0.05) is 19.3 Å². The molecule has 0 heterocycles. The Morgan fingerprint density at radius 2 is 1.62 bits per heavy atom. The lowest BCUT2D eigenvalue weighted by Gasteiger charge is -2.19. The highest BCUT2D eigenvalue weighted by molar-refractivity contribution is 5.44. The molecule has 2 aromatic carbocycles. The Hall–Kier alpha value is -2.16. The van der Waals surface area contributed by atoms with Crippen molar-refractivity contribution in [1.29, 1.82) is 0 Å². The molecule has 112 valence electrons. The van der Waals surface area contributed by atoms with Crippen molar-refractivity contribution in [2.75, 3.05) is 25.1 Å². The lowest BCUT2D eigenvalue weighted by atomic mass is 10.2. The minimum Gasteiger partial charge on any atom is -0.508 e. The Kier molecular flexibility index (Phi) is 5.95. The summed E-state index contributed by atoms with van der Waals surface area (Å²) < 4.78 is 5.63. The molecule has 3 nitrogen and oxygen atoms in total. The zero-order valence-corrected chi connectivity index (χ0v) is 12.5. The molecule has 1 N–H and O–H groups in total. The Balaban J connectivity index is 1.57. The third-order valence-corrected chi connectivity index (χ3v) is 3.44. The molecule has 0 radical (unpaired) electrons. The molecule has 0 unspecified atom stereocenters. The first-order valence-corrected chi connectivity index (χ1v) is 7.44. The number of benzene rings is 2. The van der Waals surface area contributed by atoms with Gasteiger partial charge < -0.3 is 14.7 Å². The molecule has 0 fully saturated rings. The van der Waals surface area contributed by atoms with E-state index in [1.54, 1.807) is 24.3 Å². The lowest BCUT2D eigenvalue weighted by molar-refractivity contribution is 0.305. The topological polar surface area (TPSA) is 32.7 Å². The van der Waals surface area contributed by atoms with Crippen LogP contribution in [0.15, 0.2) is 54.6 Å². The van der Waals surface area contributed by atoms with Crippen LogP contribution in [0.4, 0.5) is 5.69 Å². The van der Waals surface area contributed by atoms with Crippen LogP contribution in [0.2, 0.25) is 0 Å². The Morgan fingerprint density at radius 1 is 0.905 bits per heavy atom. The molecule has 0 saturated heterocycles. The van der Waals surface area contributed by atoms with Gasteiger partial charge in [0.1, 0.15) is 11.5 Å². The van der Waals surface area contributed by atoms with Crippen molar-refractivity contribution < 1.29 is 9.84 Å². The van der Waals surface area contributed by atoms with E-state index in [4.69, 9.17) is 4.74 Å². The molecule has 2 rings (SSSR count). The van der Waals surface area contributed by atoms with Crippen LogP contribution in [-0.2, 0) is 0 Å². The fourth-order valence-electron chi connectivity index (χ4n) is 2.17. The summed E-state index contributed by atoms with van der Waals surface area (Å²) in [5, 5.41) is 9.18. The smallest absolute Gasteiger partial charge is 0.119 e. The third-order valence-electron chi connectivity index (χ3n) is 3.44. The highest BCUT2D eigenvalue weighted by Gasteiger charge is 1.99. The summed E-state index contributed by atoms with van der Waals surface area (Å²) in [6.07, 6.45) is 3.35. The van der Waals surface area contributed by atoms with Gasteiger partial charge in [-0.05, 0) is 55.7 Å². The van der Waals surface area contributed by atoms with Gasteiger partial charge in [-0.1, -0.05) is 18.2 Å². The number of unbranched alkanes of at least 4 members (excludes halogenated alkanes) is 2. The van der Waals surface area contributed by atoms with Crippen LogP contribution in [-0.4, -0.2) is 25.3 Å². The average molecular weight is 285 g/mol. The number of aromatic hydroxyl groups is 1. The fraction of sp³-hybridized carbons (Fsp3) is 0.333. The second-order valence-electron chi connectivity index (χ2n) is 5.16. The van der Waals surface area contributed by atoms with E-state index in [0.29, 0.717) is 0 Å². The fourth-order valence-corrected chi connectivity index (χ4v) is 2.17. The van der Waals surface area contributed by atoms with Crippen LogP contribution in [0.5, 0.6) is 11.5 Å². The molecule has 3 heteroatoms. The first-order valence-electron chi connectivity index (χ1n) is 7.44. The molecule has 0 saturated carbocycles. The summed E-state index contributed by atoms with van der Waals surface area (Å²) in [4.78, 5) is 2.28. The first-order chi connectivity index (χ1) is 10.3. The van der Waals surface area contributed by atoms with Crippen LogP contribution in [0.3, 0.4) is 0 Å². The normalized spacial score (nSPS) is 10.3. The molecule has 0 aromatic heterocycles. The van der Waals surface area contributed by atoms with Gasteiger partial charge in [-0.3, -0.25) is 0 Å². The van der Waals surface area contributed by atoms with Gasteiger partial charge in [-0.2, -0.15) is 0 Å². The van der Waals surface area contributed by atoms with Gasteiger partial charge in [-0.25, -0.2) is 0 Å². The van der Waals surface area contributed by atoms with Crippen molar-refractivity contribution in [2.45, 2.75) is 19.3 Å². The van der Waals surface area contributed by atoms with E-state index in [1.807, 2.05) is 6.07 Å². The molecule has 0 aliphatic rings. The average Bonchev–Trinajstić information content (AvgIpc) is 2.53. The predicted molar refractivity (Wildman–Crippen MR) is 87.2 cm³/mol. The third kappa shape index (κ3) is 5.38. The zero-order valence-electron chi connectivity index (χ0n) is 12.5. The number of rotatable bonds is 8. The predicted octanol–water partition coefficient (Wildman–Crippen LogP) is 4.08. The lowest BCUT2D eigenvalue weighted by Crippen LogP contribution is -2.18. The number of anilines is 1. The van der Waals surface area contributed by atoms with Crippen LogP contribution in [0.25, 0.3) is 0 Å². The van der Waals surface area contributed by atoms with E-state index in [-0.39, 0.29) is 5.75 Å². The minimum atomic E-state index is 0.270. The largest absolute Gasteiger partial charge is 0.508 e. The Bertz CT molecular complexity index is 511. The van der Waals surface area contributed by atoms with Crippen LogP contribution >= 0.6 is 0 Å². The number of ether oxygens (including phenoxy) is 1. The van der Waals surface area contributed by atoms with Crippen molar-refractivity contribution in [3.05, 3.63) is 54.6 Å². The Labute approximate surface area is 126 Å². The van der Waals surface area contributed by atoms with Gasteiger partial charge in [0.25, 0.3) is 0 Å². The number of hydrogen-bond donors (Lipinski definition) is 1. The zero-order chi connectivity index (χ0) is 14.9. The molecule has 0 spiro atoms. The van der Waals surface area contributed by atoms with E-state index in [9.17, 15) is 5.11 Å². The Morgan fingerprint density at radius 3 is 2.33 bits per heavy atom. The maximum atomic E-state index is 9.18. The number of nitrogens with zero attached hydrogens (tertiary/aromatic N) is 1. The molecule has 0 bridgehead atoms. The quantitative estimate of drug-likeness (QED) is 0.742. The van der Waals surface area contributed by atoms with Gasteiger partial charge in [0.2, 0.25) is 0 Å².